The molecule has 0 saturated heterocycles. The highest BCUT2D eigenvalue weighted by Crippen LogP contribution is 2.27. The van der Waals surface area contributed by atoms with Gasteiger partial charge in [-0.2, -0.15) is 0 Å². The first-order valence-corrected chi connectivity index (χ1v) is 6.92. The molecule has 0 amide bonds. The Morgan fingerprint density at radius 2 is 1.76 bits per heavy atom. The van der Waals surface area contributed by atoms with Gasteiger partial charge in [-0.15, -0.1) is 24.0 Å². The first kappa shape index (κ1) is 19.8. The van der Waals surface area contributed by atoms with E-state index < -0.39 is 0 Å². The number of rotatable bonds is 7. The molecule has 0 spiro atoms. The number of guanidine groups is 1. The molecule has 1 aromatic carbocycles. The molecule has 120 valence electrons. The number of benzene rings is 1. The zero-order chi connectivity index (χ0) is 15.0. The van der Waals surface area contributed by atoms with Crippen molar-refractivity contribution in [3.8, 4) is 11.5 Å². The zero-order valence-electron chi connectivity index (χ0n) is 13.3. The lowest BCUT2D eigenvalue weighted by Crippen LogP contribution is -2.37. The van der Waals surface area contributed by atoms with Crippen molar-refractivity contribution in [2.45, 2.75) is 20.3 Å². The van der Waals surface area contributed by atoms with Crippen molar-refractivity contribution in [3.63, 3.8) is 0 Å². The van der Waals surface area contributed by atoms with Crippen LogP contribution in [0.15, 0.2) is 23.2 Å². The fraction of sp³-hybridized carbons (Fsp3) is 0.533. The molecule has 21 heavy (non-hydrogen) atoms. The monoisotopic (exact) mass is 407 g/mol. The van der Waals surface area contributed by atoms with Crippen LogP contribution in [0.25, 0.3) is 0 Å². The Labute approximate surface area is 144 Å². The van der Waals surface area contributed by atoms with Crippen LogP contribution in [0.1, 0.15) is 19.4 Å². The van der Waals surface area contributed by atoms with Crippen LogP contribution in [-0.2, 0) is 6.42 Å². The largest absolute Gasteiger partial charge is 0.493 e. The summed E-state index contributed by atoms with van der Waals surface area (Å²) in [6, 6.07) is 5.90. The number of hydrogen-bond donors (Lipinski definition) is 1. The van der Waals surface area contributed by atoms with Crippen LogP contribution in [0.4, 0.5) is 0 Å². The molecule has 2 N–H and O–H groups in total. The van der Waals surface area contributed by atoms with Crippen molar-refractivity contribution >= 4 is 29.9 Å². The summed E-state index contributed by atoms with van der Waals surface area (Å²) < 4.78 is 10.5. The SMILES string of the molecule is CCN(CC)C(N)=NCCc1ccc(OC)c(OC)c1.I. The quantitative estimate of drug-likeness (QED) is 0.429. The van der Waals surface area contributed by atoms with Gasteiger partial charge in [-0.1, -0.05) is 6.07 Å². The van der Waals surface area contributed by atoms with Gasteiger partial charge in [0.2, 0.25) is 0 Å². The van der Waals surface area contributed by atoms with Crippen molar-refractivity contribution in [3.05, 3.63) is 23.8 Å². The van der Waals surface area contributed by atoms with Crippen LogP contribution in [0.3, 0.4) is 0 Å². The molecular weight excluding hydrogens is 381 g/mol. The topological polar surface area (TPSA) is 60.1 Å². The number of methoxy groups -OCH3 is 2. The molecule has 0 aliphatic rings. The molecule has 0 unspecified atom stereocenters. The smallest absolute Gasteiger partial charge is 0.191 e. The van der Waals surface area contributed by atoms with Crippen molar-refractivity contribution in [1.82, 2.24) is 4.90 Å². The summed E-state index contributed by atoms with van der Waals surface area (Å²) in [5.74, 6) is 2.09. The van der Waals surface area contributed by atoms with E-state index in [1.807, 2.05) is 23.1 Å². The molecule has 0 bridgehead atoms. The van der Waals surface area contributed by atoms with Gasteiger partial charge in [0.25, 0.3) is 0 Å². The Kier molecular flexibility index (Phi) is 9.94. The minimum absolute atomic E-state index is 0. The van der Waals surface area contributed by atoms with Gasteiger partial charge in [0.05, 0.1) is 14.2 Å². The fourth-order valence-corrected chi connectivity index (χ4v) is 1.98. The predicted molar refractivity (Wildman–Crippen MR) is 98.1 cm³/mol. The maximum atomic E-state index is 5.94. The van der Waals surface area contributed by atoms with Crippen LogP contribution in [0.2, 0.25) is 0 Å². The summed E-state index contributed by atoms with van der Waals surface area (Å²) >= 11 is 0. The predicted octanol–water partition coefficient (Wildman–Crippen LogP) is 2.52. The summed E-state index contributed by atoms with van der Waals surface area (Å²) in [6.07, 6.45) is 0.822. The second-order valence-electron chi connectivity index (χ2n) is 4.35. The van der Waals surface area contributed by atoms with Gasteiger partial charge in [0, 0.05) is 19.6 Å². The minimum Gasteiger partial charge on any atom is -0.493 e. The zero-order valence-corrected chi connectivity index (χ0v) is 15.6. The molecule has 0 fully saturated rings. The summed E-state index contributed by atoms with van der Waals surface area (Å²) in [5, 5.41) is 0. The van der Waals surface area contributed by atoms with Crippen LogP contribution in [-0.4, -0.2) is 44.7 Å². The van der Waals surface area contributed by atoms with Gasteiger partial charge in [-0.05, 0) is 38.0 Å². The number of ether oxygens (including phenoxy) is 2. The van der Waals surface area contributed by atoms with E-state index in [4.69, 9.17) is 15.2 Å². The second kappa shape index (κ2) is 10.5. The highest BCUT2D eigenvalue weighted by molar-refractivity contribution is 14.0. The van der Waals surface area contributed by atoms with Gasteiger partial charge < -0.3 is 20.1 Å². The molecule has 0 heterocycles. The average molecular weight is 407 g/mol. The van der Waals surface area contributed by atoms with E-state index in [1.54, 1.807) is 14.2 Å². The first-order chi connectivity index (χ1) is 9.65. The lowest BCUT2D eigenvalue weighted by Gasteiger charge is -2.19. The number of halogens is 1. The molecule has 0 aliphatic heterocycles. The lowest BCUT2D eigenvalue weighted by atomic mass is 10.1. The van der Waals surface area contributed by atoms with Gasteiger partial charge in [-0.25, -0.2) is 0 Å². The molecule has 0 aromatic heterocycles. The van der Waals surface area contributed by atoms with E-state index in [-0.39, 0.29) is 24.0 Å². The van der Waals surface area contributed by atoms with Crippen molar-refractivity contribution in [2.24, 2.45) is 10.7 Å². The molecule has 0 atom stereocenters. The highest BCUT2D eigenvalue weighted by atomic mass is 127. The molecule has 6 heteroatoms. The van der Waals surface area contributed by atoms with Crippen LogP contribution in [0, 0.1) is 0 Å². The van der Waals surface area contributed by atoms with E-state index in [9.17, 15) is 0 Å². The number of hydrogen-bond acceptors (Lipinski definition) is 3. The third kappa shape index (κ3) is 5.99. The molecule has 0 radical (unpaired) electrons. The van der Waals surface area contributed by atoms with Crippen molar-refractivity contribution in [2.75, 3.05) is 33.9 Å². The average Bonchev–Trinajstić information content (AvgIpc) is 2.48. The van der Waals surface area contributed by atoms with E-state index in [1.165, 1.54) is 0 Å². The first-order valence-electron chi connectivity index (χ1n) is 6.92. The van der Waals surface area contributed by atoms with Gasteiger partial charge >= 0.3 is 0 Å². The summed E-state index contributed by atoms with van der Waals surface area (Å²) in [6.45, 7) is 6.56. The normalized spacial score (nSPS) is 10.8. The summed E-state index contributed by atoms with van der Waals surface area (Å²) in [4.78, 5) is 6.44. The Balaban J connectivity index is 0.00000400. The molecule has 0 saturated carbocycles. The van der Waals surface area contributed by atoms with E-state index in [0.29, 0.717) is 12.5 Å². The Morgan fingerprint density at radius 1 is 1.14 bits per heavy atom. The van der Waals surface area contributed by atoms with E-state index >= 15 is 0 Å². The molecular formula is C15H26IN3O2. The minimum atomic E-state index is 0. The molecule has 5 nitrogen and oxygen atoms in total. The fourth-order valence-electron chi connectivity index (χ4n) is 1.98. The second-order valence-corrected chi connectivity index (χ2v) is 4.35. The maximum absolute atomic E-state index is 5.94. The highest BCUT2D eigenvalue weighted by Gasteiger charge is 2.05. The summed E-state index contributed by atoms with van der Waals surface area (Å²) in [5.41, 5.74) is 7.09. The number of nitrogens with two attached hydrogens (primary N) is 1. The van der Waals surface area contributed by atoms with Gasteiger partial charge in [0.1, 0.15) is 0 Å². The molecule has 1 aromatic rings. The molecule has 1 rings (SSSR count). The van der Waals surface area contributed by atoms with Crippen LogP contribution >= 0.6 is 24.0 Å². The summed E-state index contributed by atoms with van der Waals surface area (Å²) in [7, 11) is 3.27. The van der Waals surface area contributed by atoms with Gasteiger partial charge in [0.15, 0.2) is 17.5 Å². The number of aliphatic imine (C=N–C) groups is 1. The van der Waals surface area contributed by atoms with Crippen LogP contribution < -0.4 is 15.2 Å². The standard InChI is InChI=1S/C15H25N3O2.HI/c1-5-18(6-2)15(16)17-10-9-12-7-8-13(19-3)14(11-12)20-4;/h7-8,11H,5-6,9-10H2,1-4H3,(H2,16,17);1H. The Morgan fingerprint density at radius 3 is 2.29 bits per heavy atom. The molecule has 0 aliphatic carbocycles. The third-order valence-electron chi connectivity index (χ3n) is 3.21. The maximum Gasteiger partial charge on any atom is 0.191 e. The Hall–Kier alpha value is -1.18. The Bertz CT molecular complexity index is 449. The van der Waals surface area contributed by atoms with Crippen molar-refractivity contribution < 1.29 is 9.47 Å². The van der Waals surface area contributed by atoms with Gasteiger partial charge in [-0.3, -0.25) is 4.99 Å². The number of nitrogens with zero attached hydrogens (tertiary/aromatic N) is 2. The van der Waals surface area contributed by atoms with Crippen LogP contribution in [0.5, 0.6) is 11.5 Å². The van der Waals surface area contributed by atoms with Crippen molar-refractivity contribution in [1.29, 1.82) is 0 Å². The third-order valence-corrected chi connectivity index (χ3v) is 3.21. The van der Waals surface area contributed by atoms with E-state index in [2.05, 4.69) is 18.8 Å². The lowest BCUT2D eigenvalue weighted by molar-refractivity contribution is 0.354. The van der Waals surface area contributed by atoms with E-state index in [0.717, 1.165) is 36.6 Å².